The average Bonchev–Trinajstić information content (AvgIpc) is 2.70. The van der Waals surface area contributed by atoms with Crippen molar-refractivity contribution < 1.29 is 4.39 Å². The van der Waals surface area contributed by atoms with Crippen LogP contribution < -0.4 is 5.32 Å². The lowest BCUT2D eigenvalue weighted by molar-refractivity contribution is 0.229. The third-order valence-electron chi connectivity index (χ3n) is 4.09. The van der Waals surface area contributed by atoms with Gasteiger partial charge in [-0.3, -0.25) is 0 Å². The molecule has 0 heterocycles. The second-order valence-corrected chi connectivity index (χ2v) is 5.56. The molecule has 1 aliphatic rings. The lowest BCUT2D eigenvalue weighted by atomic mass is 10.1. The van der Waals surface area contributed by atoms with Crippen LogP contribution in [0.1, 0.15) is 38.5 Å². The van der Waals surface area contributed by atoms with E-state index in [-0.39, 0.29) is 5.82 Å². The Morgan fingerprint density at radius 3 is 2.37 bits per heavy atom. The van der Waals surface area contributed by atoms with Crippen molar-refractivity contribution in [3.63, 3.8) is 0 Å². The minimum absolute atomic E-state index is 0.180. The van der Waals surface area contributed by atoms with E-state index >= 15 is 0 Å². The molecule has 0 amide bonds. The Labute approximate surface area is 116 Å². The van der Waals surface area contributed by atoms with E-state index in [9.17, 15) is 4.39 Å². The Balaban J connectivity index is 1.70. The summed E-state index contributed by atoms with van der Waals surface area (Å²) in [7, 11) is 2.22. The van der Waals surface area contributed by atoms with Crippen LogP contribution in [0.4, 0.5) is 10.1 Å². The van der Waals surface area contributed by atoms with Gasteiger partial charge in [-0.25, -0.2) is 4.39 Å². The lowest BCUT2D eigenvalue weighted by Gasteiger charge is -2.27. The largest absolute Gasteiger partial charge is 0.384 e. The van der Waals surface area contributed by atoms with Gasteiger partial charge in [-0.05, 0) is 44.2 Å². The zero-order chi connectivity index (χ0) is 13.5. The van der Waals surface area contributed by atoms with Gasteiger partial charge in [0.1, 0.15) is 5.82 Å². The number of anilines is 1. The first-order chi connectivity index (χ1) is 9.25. The molecular weight excluding hydrogens is 239 g/mol. The standard InChI is InChI=1S/C16H25FN2/c1-19(16-6-4-2-3-5-7-16)13-12-18-15-10-8-14(17)9-11-15/h8-11,16,18H,2-7,12-13H2,1H3. The Morgan fingerprint density at radius 1 is 1.11 bits per heavy atom. The SMILES string of the molecule is CN(CCNc1ccc(F)cc1)C1CCCCCC1. The van der Waals surface area contributed by atoms with Gasteiger partial charge in [-0.15, -0.1) is 0 Å². The molecule has 0 aromatic heterocycles. The first kappa shape index (κ1) is 14.3. The maximum atomic E-state index is 12.8. The third kappa shape index (κ3) is 4.83. The van der Waals surface area contributed by atoms with E-state index in [0.29, 0.717) is 0 Å². The topological polar surface area (TPSA) is 15.3 Å². The van der Waals surface area contributed by atoms with Crippen LogP contribution in [0.15, 0.2) is 24.3 Å². The van der Waals surface area contributed by atoms with Gasteiger partial charge in [-0.2, -0.15) is 0 Å². The maximum Gasteiger partial charge on any atom is 0.123 e. The van der Waals surface area contributed by atoms with Crippen LogP contribution in [0.5, 0.6) is 0 Å². The van der Waals surface area contributed by atoms with E-state index < -0.39 is 0 Å². The third-order valence-corrected chi connectivity index (χ3v) is 4.09. The number of benzene rings is 1. The van der Waals surface area contributed by atoms with E-state index in [4.69, 9.17) is 0 Å². The molecule has 1 N–H and O–H groups in total. The van der Waals surface area contributed by atoms with Gasteiger partial charge in [0.15, 0.2) is 0 Å². The van der Waals surface area contributed by atoms with E-state index in [0.717, 1.165) is 24.8 Å². The molecule has 0 unspecified atom stereocenters. The molecule has 0 spiro atoms. The molecule has 1 aliphatic carbocycles. The van der Waals surface area contributed by atoms with Crippen molar-refractivity contribution in [1.29, 1.82) is 0 Å². The summed E-state index contributed by atoms with van der Waals surface area (Å²) in [5.74, 6) is -0.180. The summed E-state index contributed by atoms with van der Waals surface area (Å²) < 4.78 is 12.8. The van der Waals surface area contributed by atoms with Gasteiger partial charge in [0.25, 0.3) is 0 Å². The summed E-state index contributed by atoms with van der Waals surface area (Å²) in [6, 6.07) is 7.33. The number of hydrogen-bond donors (Lipinski definition) is 1. The predicted molar refractivity (Wildman–Crippen MR) is 79.0 cm³/mol. The average molecular weight is 264 g/mol. The summed E-state index contributed by atoms with van der Waals surface area (Å²) in [4.78, 5) is 2.47. The lowest BCUT2D eigenvalue weighted by Crippen LogP contribution is -2.34. The molecule has 1 fully saturated rings. The van der Waals surface area contributed by atoms with E-state index in [1.807, 2.05) is 0 Å². The Morgan fingerprint density at radius 2 is 1.74 bits per heavy atom. The first-order valence-corrected chi connectivity index (χ1v) is 7.45. The molecule has 2 nitrogen and oxygen atoms in total. The molecule has 0 aliphatic heterocycles. The van der Waals surface area contributed by atoms with E-state index in [1.165, 1.54) is 50.7 Å². The summed E-state index contributed by atoms with van der Waals surface area (Å²) in [5.41, 5.74) is 0.996. The molecule has 0 atom stereocenters. The highest BCUT2D eigenvalue weighted by molar-refractivity contribution is 5.42. The number of hydrogen-bond acceptors (Lipinski definition) is 2. The molecule has 0 radical (unpaired) electrons. The smallest absolute Gasteiger partial charge is 0.123 e. The van der Waals surface area contributed by atoms with Crippen LogP contribution in [0, 0.1) is 5.82 Å². The van der Waals surface area contributed by atoms with Gasteiger partial charge in [-0.1, -0.05) is 25.7 Å². The normalized spacial score (nSPS) is 17.4. The number of nitrogens with one attached hydrogen (secondary N) is 1. The minimum atomic E-state index is -0.180. The fourth-order valence-corrected chi connectivity index (χ4v) is 2.83. The fraction of sp³-hybridized carbons (Fsp3) is 0.625. The fourth-order valence-electron chi connectivity index (χ4n) is 2.83. The molecule has 1 aromatic carbocycles. The summed E-state index contributed by atoms with van der Waals surface area (Å²) in [6.07, 6.45) is 8.23. The monoisotopic (exact) mass is 264 g/mol. The van der Waals surface area contributed by atoms with Crippen molar-refractivity contribution in [2.75, 3.05) is 25.5 Å². The summed E-state index contributed by atoms with van der Waals surface area (Å²) >= 11 is 0. The molecule has 2 rings (SSSR count). The van der Waals surface area contributed by atoms with E-state index in [2.05, 4.69) is 17.3 Å². The highest BCUT2D eigenvalue weighted by Crippen LogP contribution is 2.20. The highest BCUT2D eigenvalue weighted by atomic mass is 19.1. The molecule has 0 saturated heterocycles. The maximum absolute atomic E-state index is 12.8. The van der Waals surface area contributed by atoms with Crippen LogP contribution >= 0.6 is 0 Å². The van der Waals surface area contributed by atoms with Crippen LogP contribution in [-0.4, -0.2) is 31.1 Å². The molecule has 3 heteroatoms. The molecule has 1 saturated carbocycles. The van der Waals surface area contributed by atoms with E-state index in [1.54, 1.807) is 12.1 Å². The number of nitrogens with zero attached hydrogens (tertiary/aromatic N) is 1. The van der Waals surface area contributed by atoms with Gasteiger partial charge in [0, 0.05) is 24.8 Å². The van der Waals surface area contributed by atoms with Crippen molar-refractivity contribution in [2.45, 2.75) is 44.6 Å². The molecule has 1 aromatic rings. The highest BCUT2D eigenvalue weighted by Gasteiger charge is 2.16. The molecule has 106 valence electrons. The minimum Gasteiger partial charge on any atom is -0.384 e. The predicted octanol–water partition coefficient (Wildman–Crippen LogP) is 3.89. The number of halogens is 1. The van der Waals surface area contributed by atoms with Gasteiger partial charge in [0.2, 0.25) is 0 Å². The molecular formula is C16H25FN2. The Kier molecular flexibility index (Phi) is 5.64. The van der Waals surface area contributed by atoms with Crippen LogP contribution in [0.2, 0.25) is 0 Å². The van der Waals surface area contributed by atoms with Crippen molar-refractivity contribution in [3.05, 3.63) is 30.1 Å². The number of rotatable bonds is 5. The first-order valence-electron chi connectivity index (χ1n) is 7.45. The summed E-state index contributed by atoms with van der Waals surface area (Å²) in [5, 5.41) is 3.35. The van der Waals surface area contributed by atoms with Crippen LogP contribution in [-0.2, 0) is 0 Å². The second kappa shape index (κ2) is 7.49. The summed E-state index contributed by atoms with van der Waals surface area (Å²) in [6.45, 7) is 1.96. The van der Waals surface area contributed by atoms with Crippen molar-refractivity contribution in [1.82, 2.24) is 4.90 Å². The molecule has 0 bridgehead atoms. The number of likely N-dealkylation sites (N-methyl/N-ethyl adjacent to an activating group) is 1. The van der Waals surface area contributed by atoms with Crippen molar-refractivity contribution in [3.8, 4) is 0 Å². The van der Waals surface area contributed by atoms with Crippen molar-refractivity contribution >= 4 is 5.69 Å². The molecule has 19 heavy (non-hydrogen) atoms. The quantitative estimate of drug-likeness (QED) is 0.812. The zero-order valence-electron chi connectivity index (χ0n) is 11.9. The van der Waals surface area contributed by atoms with Crippen LogP contribution in [0.25, 0.3) is 0 Å². The van der Waals surface area contributed by atoms with Gasteiger partial charge in [0.05, 0.1) is 0 Å². The second-order valence-electron chi connectivity index (χ2n) is 5.56. The van der Waals surface area contributed by atoms with Crippen LogP contribution in [0.3, 0.4) is 0 Å². The van der Waals surface area contributed by atoms with Gasteiger partial charge < -0.3 is 10.2 Å². The van der Waals surface area contributed by atoms with Gasteiger partial charge >= 0.3 is 0 Å². The Hall–Kier alpha value is -1.09. The van der Waals surface area contributed by atoms with Crippen molar-refractivity contribution in [2.24, 2.45) is 0 Å². The zero-order valence-corrected chi connectivity index (χ0v) is 11.9. The Bertz CT molecular complexity index is 356.